The standard InChI is InChI=1S/C25H27N3O2S2/c1-5-20-14-32-25(26-19-12-10-16(2)11-13-19)28(20)24(29)21-8-6-7-9-23(21)31-15-22-17(3)27-30-18(22)4/h6-13,20H,5,14-15H2,1-4H3/t20-/m0/s1. The second kappa shape index (κ2) is 9.96. The Morgan fingerprint density at radius 3 is 2.62 bits per heavy atom. The lowest BCUT2D eigenvalue weighted by Crippen LogP contribution is -2.39. The van der Waals surface area contributed by atoms with Gasteiger partial charge in [-0.1, -0.05) is 53.7 Å². The van der Waals surface area contributed by atoms with E-state index in [4.69, 9.17) is 9.52 Å². The van der Waals surface area contributed by atoms with Gasteiger partial charge in [-0.15, -0.1) is 11.8 Å². The summed E-state index contributed by atoms with van der Waals surface area (Å²) in [6, 6.07) is 16.0. The molecule has 1 aliphatic rings. The zero-order valence-electron chi connectivity index (χ0n) is 18.8. The molecule has 0 radical (unpaired) electrons. The van der Waals surface area contributed by atoms with Crippen molar-refractivity contribution in [3.63, 3.8) is 0 Å². The minimum absolute atomic E-state index is 0.00886. The second-order valence-corrected chi connectivity index (χ2v) is 9.87. The summed E-state index contributed by atoms with van der Waals surface area (Å²) >= 11 is 3.30. The van der Waals surface area contributed by atoms with Gasteiger partial charge in [-0.3, -0.25) is 9.69 Å². The highest BCUT2D eigenvalue weighted by Crippen LogP contribution is 2.34. The van der Waals surface area contributed by atoms with Crippen molar-refractivity contribution in [1.29, 1.82) is 0 Å². The molecule has 32 heavy (non-hydrogen) atoms. The smallest absolute Gasteiger partial charge is 0.261 e. The molecule has 5 nitrogen and oxygen atoms in total. The largest absolute Gasteiger partial charge is 0.361 e. The first kappa shape index (κ1) is 22.7. The molecule has 7 heteroatoms. The number of hydrogen-bond donors (Lipinski definition) is 0. The van der Waals surface area contributed by atoms with Gasteiger partial charge in [0, 0.05) is 28.0 Å². The quantitative estimate of drug-likeness (QED) is 0.387. The summed E-state index contributed by atoms with van der Waals surface area (Å²) in [6.45, 7) is 8.05. The number of hydrogen-bond acceptors (Lipinski definition) is 6. The molecule has 2 heterocycles. The predicted molar refractivity (Wildman–Crippen MR) is 133 cm³/mol. The highest BCUT2D eigenvalue weighted by molar-refractivity contribution is 8.14. The van der Waals surface area contributed by atoms with E-state index in [-0.39, 0.29) is 11.9 Å². The van der Waals surface area contributed by atoms with Crippen molar-refractivity contribution >= 4 is 40.3 Å². The molecule has 1 atom stereocenters. The van der Waals surface area contributed by atoms with Crippen LogP contribution in [0.5, 0.6) is 0 Å². The maximum atomic E-state index is 13.8. The molecule has 0 unspecified atom stereocenters. The first-order valence-corrected chi connectivity index (χ1v) is 12.7. The van der Waals surface area contributed by atoms with E-state index in [0.717, 1.165) is 44.9 Å². The number of carbonyl (C=O) groups is 1. The predicted octanol–water partition coefficient (Wildman–Crippen LogP) is 6.55. The monoisotopic (exact) mass is 465 g/mol. The van der Waals surface area contributed by atoms with Gasteiger partial charge in [0.15, 0.2) is 5.17 Å². The third kappa shape index (κ3) is 4.79. The molecule has 1 saturated heterocycles. The molecule has 0 spiro atoms. The Morgan fingerprint density at radius 2 is 1.94 bits per heavy atom. The van der Waals surface area contributed by atoms with Crippen molar-refractivity contribution in [2.24, 2.45) is 4.99 Å². The topological polar surface area (TPSA) is 58.7 Å². The molecular weight excluding hydrogens is 438 g/mol. The number of aromatic nitrogens is 1. The Balaban J connectivity index is 1.62. The van der Waals surface area contributed by atoms with Crippen molar-refractivity contribution in [1.82, 2.24) is 10.1 Å². The molecule has 166 valence electrons. The zero-order valence-corrected chi connectivity index (χ0v) is 20.4. The number of aliphatic imine (C=N–C) groups is 1. The van der Waals surface area contributed by atoms with E-state index < -0.39 is 0 Å². The van der Waals surface area contributed by atoms with Crippen LogP contribution in [0.15, 0.2) is 62.9 Å². The van der Waals surface area contributed by atoms with Crippen LogP contribution in [0.4, 0.5) is 5.69 Å². The van der Waals surface area contributed by atoms with E-state index in [9.17, 15) is 4.79 Å². The molecule has 1 amide bonds. The number of benzene rings is 2. The van der Waals surface area contributed by atoms with Crippen molar-refractivity contribution in [3.05, 3.63) is 76.7 Å². The first-order chi connectivity index (χ1) is 15.5. The zero-order chi connectivity index (χ0) is 22.7. The lowest BCUT2D eigenvalue weighted by molar-refractivity contribution is 0.0816. The van der Waals surface area contributed by atoms with Crippen LogP contribution in [0.2, 0.25) is 0 Å². The normalized spacial score (nSPS) is 17.3. The highest BCUT2D eigenvalue weighted by Gasteiger charge is 2.35. The number of carbonyl (C=O) groups excluding carboxylic acids is 1. The van der Waals surface area contributed by atoms with Gasteiger partial charge >= 0.3 is 0 Å². The fraction of sp³-hybridized carbons (Fsp3) is 0.320. The minimum Gasteiger partial charge on any atom is -0.361 e. The van der Waals surface area contributed by atoms with E-state index >= 15 is 0 Å². The van der Waals surface area contributed by atoms with Crippen LogP contribution in [0.25, 0.3) is 0 Å². The van der Waals surface area contributed by atoms with Crippen LogP contribution in [-0.4, -0.2) is 32.9 Å². The minimum atomic E-state index is 0.00886. The summed E-state index contributed by atoms with van der Waals surface area (Å²) in [4.78, 5) is 21.4. The van der Waals surface area contributed by atoms with Crippen LogP contribution in [0, 0.1) is 20.8 Å². The van der Waals surface area contributed by atoms with Gasteiger partial charge in [0.1, 0.15) is 5.76 Å². The number of aryl methyl sites for hydroxylation is 3. The lowest BCUT2D eigenvalue weighted by atomic mass is 10.1. The molecule has 1 aliphatic heterocycles. The van der Waals surface area contributed by atoms with Crippen LogP contribution >= 0.6 is 23.5 Å². The van der Waals surface area contributed by atoms with E-state index in [2.05, 4.69) is 19.0 Å². The summed E-state index contributed by atoms with van der Waals surface area (Å²) in [6.07, 6.45) is 0.889. The fourth-order valence-electron chi connectivity index (χ4n) is 3.60. The molecule has 0 aliphatic carbocycles. The molecular formula is C25H27N3O2S2. The number of amides is 1. The summed E-state index contributed by atoms with van der Waals surface area (Å²) in [5, 5.41) is 4.82. The fourth-order valence-corrected chi connectivity index (χ4v) is 6.06. The Hall–Kier alpha value is -2.51. The van der Waals surface area contributed by atoms with Crippen LogP contribution < -0.4 is 0 Å². The molecule has 1 fully saturated rings. The Morgan fingerprint density at radius 1 is 1.19 bits per heavy atom. The van der Waals surface area contributed by atoms with E-state index in [1.165, 1.54) is 5.56 Å². The summed E-state index contributed by atoms with van der Waals surface area (Å²) in [5.74, 6) is 2.41. The molecule has 0 saturated carbocycles. The van der Waals surface area contributed by atoms with Crippen LogP contribution in [0.3, 0.4) is 0 Å². The van der Waals surface area contributed by atoms with Crippen molar-refractivity contribution in [3.8, 4) is 0 Å². The van der Waals surface area contributed by atoms with Crippen molar-refractivity contribution < 1.29 is 9.32 Å². The number of thioether (sulfide) groups is 2. The lowest BCUT2D eigenvalue weighted by Gasteiger charge is -2.24. The Labute approximate surface area is 197 Å². The summed E-state index contributed by atoms with van der Waals surface area (Å²) in [5.41, 5.74) is 4.75. The Kier molecular flexibility index (Phi) is 7.06. The van der Waals surface area contributed by atoms with E-state index in [1.54, 1.807) is 23.5 Å². The van der Waals surface area contributed by atoms with E-state index in [0.29, 0.717) is 11.3 Å². The average Bonchev–Trinajstić information content (AvgIpc) is 3.35. The average molecular weight is 466 g/mol. The van der Waals surface area contributed by atoms with Crippen LogP contribution in [0.1, 0.15) is 46.3 Å². The first-order valence-electron chi connectivity index (χ1n) is 10.7. The number of amidine groups is 1. The Bertz CT molecular complexity index is 1120. The van der Waals surface area contributed by atoms with Gasteiger partial charge in [0.2, 0.25) is 0 Å². The maximum absolute atomic E-state index is 13.8. The van der Waals surface area contributed by atoms with Gasteiger partial charge in [0.05, 0.1) is 16.9 Å². The van der Waals surface area contributed by atoms with Crippen molar-refractivity contribution in [2.75, 3.05) is 5.75 Å². The highest BCUT2D eigenvalue weighted by atomic mass is 32.2. The third-order valence-electron chi connectivity index (χ3n) is 5.60. The molecule has 0 N–H and O–H groups in total. The van der Waals surface area contributed by atoms with Gasteiger partial charge in [-0.2, -0.15) is 0 Å². The molecule has 2 aromatic carbocycles. The molecule has 0 bridgehead atoms. The maximum Gasteiger partial charge on any atom is 0.261 e. The van der Waals surface area contributed by atoms with Crippen LogP contribution in [-0.2, 0) is 5.75 Å². The number of rotatable bonds is 6. The molecule has 4 rings (SSSR count). The second-order valence-electron chi connectivity index (χ2n) is 7.87. The SMILES string of the molecule is CC[C@H]1CSC(=Nc2ccc(C)cc2)N1C(=O)c1ccccc1SCc1c(C)noc1C. The van der Waals surface area contributed by atoms with Gasteiger partial charge in [-0.05, 0) is 51.5 Å². The third-order valence-corrected chi connectivity index (χ3v) is 7.79. The molecule has 1 aromatic heterocycles. The van der Waals surface area contributed by atoms with Gasteiger partial charge < -0.3 is 4.52 Å². The summed E-state index contributed by atoms with van der Waals surface area (Å²) in [7, 11) is 0. The summed E-state index contributed by atoms with van der Waals surface area (Å²) < 4.78 is 5.29. The van der Waals surface area contributed by atoms with Crippen molar-refractivity contribution in [2.45, 2.75) is 50.8 Å². The van der Waals surface area contributed by atoms with Gasteiger partial charge in [0.25, 0.3) is 5.91 Å². The number of nitrogens with zero attached hydrogens (tertiary/aromatic N) is 3. The van der Waals surface area contributed by atoms with Gasteiger partial charge in [-0.25, -0.2) is 4.99 Å². The molecule has 3 aromatic rings. The van der Waals surface area contributed by atoms with E-state index in [1.807, 2.05) is 67.3 Å².